The van der Waals surface area contributed by atoms with E-state index < -0.39 is 20.6 Å². The molecule has 1 aromatic carbocycles. The van der Waals surface area contributed by atoms with Crippen molar-refractivity contribution in [3.8, 4) is 0 Å². The Balaban J connectivity index is 2.46. The third kappa shape index (κ3) is 4.39. The van der Waals surface area contributed by atoms with Gasteiger partial charge in [-0.3, -0.25) is 4.79 Å². The number of allylic oxidation sites excluding steroid dienone is 2. The number of hydrogen-bond donors (Lipinski definition) is 0. The molecule has 2 nitrogen and oxygen atoms in total. The Kier molecular flexibility index (Phi) is 6.97. The van der Waals surface area contributed by atoms with E-state index in [1.54, 1.807) is 0 Å². The third-order valence-corrected chi connectivity index (χ3v) is 12.1. The molecule has 0 aromatic heterocycles. The van der Waals surface area contributed by atoms with Gasteiger partial charge in [-0.05, 0) is 41.4 Å². The molecule has 150 valence electrons. The number of hydrogen-bond acceptors (Lipinski definition) is 2. The van der Waals surface area contributed by atoms with Gasteiger partial charge in [0.1, 0.15) is 0 Å². The number of carbonyl (C=O) groups is 1. The van der Waals surface area contributed by atoms with Crippen LogP contribution in [0.1, 0.15) is 85.9 Å². The highest BCUT2D eigenvalue weighted by molar-refractivity contribution is 6.77. The van der Waals surface area contributed by atoms with Gasteiger partial charge in [-0.1, -0.05) is 85.2 Å². The van der Waals surface area contributed by atoms with Crippen LogP contribution in [0, 0.1) is 5.92 Å². The Bertz CT molecular complexity index is 672. The molecule has 1 aromatic rings. The van der Waals surface area contributed by atoms with Crippen molar-refractivity contribution in [3.63, 3.8) is 0 Å². The fraction of sp³-hybridized carbons (Fsp3) is 0.625. The number of unbranched alkanes of at least 4 members (excludes halogenated alkanes) is 1. The lowest BCUT2D eigenvalue weighted by atomic mass is 9.77. The van der Waals surface area contributed by atoms with Crippen molar-refractivity contribution in [1.82, 2.24) is 0 Å². The summed E-state index contributed by atoms with van der Waals surface area (Å²) in [5, 5.41) is 0. The summed E-state index contributed by atoms with van der Waals surface area (Å²) in [6.45, 7) is 15.8. The third-order valence-electron chi connectivity index (χ3n) is 6.10. The van der Waals surface area contributed by atoms with Crippen molar-refractivity contribution in [2.45, 2.75) is 90.7 Å². The van der Waals surface area contributed by atoms with E-state index >= 15 is 0 Å². The van der Waals surface area contributed by atoms with Crippen LogP contribution in [0.5, 0.6) is 0 Å². The predicted molar refractivity (Wildman–Crippen MR) is 118 cm³/mol. The normalized spacial score (nSPS) is 20.9. The first-order valence-electron chi connectivity index (χ1n) is 11.2. The van der Waals surface area contributed by atoms with E-state index in [2.05, 4.69) is 48.5 Å². The summed E-state index contributed by atoms with van der Waals surface area (Å²) >= 11 is 0. The van der Waals surface area contributed by atoms with Crippen molar-refractivity contribution in [3.05, 3.63) is 47.2 Å². The van der Waals surface area contributed by atoms with Crippen LogP contribution >= 0.6 is 0 Å². The van der Waals surface area contributed by atoms with Crippen molar-refractivity contribution in [2.75, 3.05) is 0 Å². The van der Waals surface area contributed by atoms with Gasteiger partial charge in [0.15, 0.2) is 5.78 Å². The van der Waals surface area contributed by atoms with Crippen molar-refractivity contribution in [1.29, 1.82) is 0 Å². The van der Waals surface area contributed by atoms with Gasteiger partial charge in [-0.25, -0.2) is 0 Å². The van der Waals surface area contributed by atoms with Gasteiger partial charge in [0.2, 0.25) is 0 Å². The monoisotopic (exact) mass is 387 g/mol. The highest BCUT2D eigenvalue weighted by Crippen LogP contribution is 2.49. The van der Waals surface area contributed by atoms with Crippen molar-refractivity contribution < 1.29 is 10.6 Å². The SMILES string of the molecule is [2H][C@H]1C(CCCC)=C(O[Si](C(C)C)(C(C)C)C(C)C)[C@H]1C(=O)c1ccccc1. The fourth-order valence-electron chi connectivity index (χ4n) is 4.69. The number of Topliss-reactive ketones (excluding diaryl/α,β-unsaturated/α-hetero) is 1. The van der Waals surface area contributed by atoms with Crippen molar-refractivity contribution >= 4 is 14.1 Å². The maximum Gasteiger partial charge on any atom is 0.258 e. The average molecular weight is 388 g/mol. The van der Waals surface area contributed by atoms with Gasteiger partial charge in [0.05, 0.1) is 11.7 Å². The van der Waals surface area contributed by atoms with E-state index in [9.17, 15) is 4.79 Å². The van der Waals surface area contributed by atoms with E-state index in [0.29, 0.717) is 22.2 Å². The zero-order chi connectivity index (χ0) is 21.1. The number of carbonyl (C=O) groups excluding carboxylic acids is 1. The van der Waals surface area contributed by atoms with Crippen LogP contribution in [0.15, 0.2) is 41.7 Å². The van der Waals surface area contributed by atoms with Crippen molar-refractivity contribution in [2.24, 2.45) is 5.92 Å². The Morgan fingerprint density at radius 2 is 1.67 bits per heavy atom. The van der Waals surface area contributed by atoms with E-state index in [0.717, 1.165) is 30.6 Å². The largest absolute Gasteiger partial charge is 0.545 e. The zero-order valence-electron chi connectivity index (χ0n) is 19.2. The molecule has 1 aliphatic rings. The molecule has 0 N–H and O–H groups in total. The Labute approximate surface area is 168 Å². The summed E-state index contributed by atoms with van der Waals surface area (Å²) < 4.78 is 15.7. The molecule has 2 atom stereocenters. The van der Waals surface area contributed by atoms with Gasteiger partial charge in [-0.2, -0.15) is 0 Å². The summed E-state index contributed by atoms with van der Waals surface area (Å²) in [7, 11) is -2.15. The molecule has 0 spiro atoms. The van der Waals surface area contributed by atoms with Crippen LogP contribution in [-0.4, -0.2) is 14.1 Å². The molecular formula is C24H38O2Si. The standard InChI is InChI=1S/C24H38O2Si/c1-8-9-13-21-16-22(23(25)20-14-11-10-12-15-20)24(21)26-27(17(2)3,18(4)5)19(6)7/h10-12,14-15,17-19,22H,8-9,13,16H2,1-7H3/t22-/m1/s1/i16D/t16-,22+/m0. The Morgan fingerprint density at radius 1 is 1.11 bits per heavy atom. The highest BCUT2D eigenvalue weighted by Gasteiger charge is 2.50. The summed E-state index contributed by atoms with van der Waals surface area (Å²) in [6.07, 6.45) is 2.54. The zero-order valence-corrected chi connectivity index (χ0v) is 19.2. The number of ketones is 1. The molecule has 0 fully saturated rings. The van der Waals surface area contributed by atoms with Gasteiger partial charge in [0.25, 0.3) is 8.32 Å². The molecule has 0 heterocycles. The Morgan fingerprint density at radius 3 is 2.15 bits per heavy atom. The van der Waals surface area contributed by atoms with Gasteiger partial charge in [0, 0.05) is 6.93 Å². The molecule has 3 heteroatoms. The minimum Gasteiger partial charge on any atom is -0.545 e. The molecule has 0 radical (unpaired) electrons. The average Bonchev–Trinajstić information content (AvgIpc) is 2.64. The molecular weight excluding hydrogens is 348 g/mol. The van der Waals surface area contributed by atoms with Crippen LogP contribution < -0.4 is 0 Å². The second-order valence-electron chi connectivity index (χ2n) is 8.79. The van der Waals surface area contributed by atoms with Crippen LogP contribution in [0.3, 0.4) is 0 Å². The van der Waals surface area contributed by atoms with Gasteiger partial charge >= 0.3 is 0 Å². The second-order valence-corrected chi connectivity index (χ2v) is 14.2. The maximum absolute atomic E-state index is 13.2. The molecule has 0 amide bonds. The van der Waals surface area contributed by atoms with Crippen LogP contribution in [-0.2, 0) is 4.43 Å². The van der Waals surface area contributed by atoms with Gasteiger partial charge < -0.3 is 4.43 Å². The first-order valence-corrected chi connectivity index (χ1v) is 12.8. The highest BCUT2D eigenvalue weighted by atomic mass is 28.4. The molecule has 0 saturated carbocycles. The molecule has 0 saturated heterocycles. The van der Waals surface area contributed by atoms with E-state index in [-0.39, 0.29) is 5.78 Å². The molecule has 0 aliphatic heterocycles. The smallest absolute Gasteiger partial charge is 0.258 e. The lowest BCUT2D eigenvalue weighted by Crippen LogP contribution is -2.49. The van der Waals surface area contributed by atoms with Crippen LogP contribution in [0.4, 0.5) is 0 Å². The van der Waals surface area contributed by atoms with Crippen LogP contribution in [0.25, 0.3) is 0 Å². The quantitative estimate of drug-likeness (QED) is 0.306. The van der Waals surface area contributed by atoms with E-state index in [4.69, 9.17) is 5.80 Å². The summed E-state index contributed by atoms with van der Waals surface area (Å²) in [4.78, 5) is 13.2. The topological polar surface area (TPSA) is 26.3 Å². The minimum atomic E-state index is -2.15. The lowest BCUT2D eigenvalue weighted by Gasteiger charge is -2.47. The Hall–Kier alpha value is -1.35. The number of benzene rings is 1. The van der Waals surface area contributed by atoms with E-state index in [1.165, 1.54) is 0 Å². The molecule has 2 rings (SSSR count). The van der Waals surface area contributed by atoms with E-state index in [1.807, 2.05) is 30.3 Å². The van der Waals surface area contributed by atoms with Gasteiger partial charge in [-0.15, -0.1) is 0 Å². The summed E-state index contributed by atoms with van der Waals surface area (Å²) in [5.74, 6) is 0.442. The second kappa shape index (κ2) is 9.23. The molecule has 0 bridgehead atoms. The summed E-state index contributed by atoms with van der Waals surface area (Å²) in [6, 6.07) is 9.41. The molecule has 0 unspecified atom stereocenters. The maximum atomic E-state index is 13.2. The molecule has 27 heavy (non-hydrogen) atoms. The summed E-state index contributed by atoms with van der Waals surface area (Å²) in [5.41, 5.74) is 3.10. The fourth-order valence-corrected chi connectivity index (χ4v) is 10.0. The lowest BCUT2D eigenvalue weighted by molar-refractivity contribution is 0.0885. The first-order chi connectivity index (χ1) is 13.2. The first kappa shape index (κ1) is 20.4. The predicted octanol–water partition coefficient (Wildman–Crippen LogP) is 7.53. The minimum absolute atomic E-state index is 0.0371. The van der Waals surface area contributed by atoms with Crippen LogP contribution in [0.2, 0.25) is 16.6 Å². The number of rotatable bonds is 10. The molecule has 1 aliphatic carbocycles.